The molecule has 0 fully saturated rings. The second-order valence-corrected chi connectivity index (χ2v) is 10.2. The van der Waals surface area contributed by atoms with Crippen LogP contribution in [0.2, 0.25) is 0 Å². The third kappa shape index (κ3) is 13.8. The molecule has 37 heavy (non-hydrogen) atoms. The molecule has 2 aromatic rings. The predicted octanol–water partition coefficient (Wildman–Crippen LogP) is 7.15. The monoisotopic (exact) mass is 646 g/mol. The molecule has 0 aliphatic carbocycles. The molecule has 0 saturated carbocycles. The van der Waals surface area contributed by atoms with Crippen LogP contribution in [0, 0.1) is 23.7 Å². The number of alkyl halides is 2. The van der Waals surface area contributed by atoms with Crippen LogP contribution in [0.1, 0.15) is 49.7 Å². The first kappa shape index (κ1) is 31.0. The van der Waals surface area contributed by atoms with Crippen molar-refractivity contribution in [2.24, 2.45) is 0 Å². The lowest BCUT2D eigenvalue weighted by atomic mass is 10.1. The van der Waals surface area contributed by atoms with E-state index in [1.165, 1.54) is 0 Å². The number of carbonyl (C=O) groups is 2. The Hall–Kier alpha value is -2.19. The van der Waals surface area contributed by atoms with Crippen molar-refractivity contribution in [1.82, 2.24) is 0 Å². The number of esters is 2. The number of aryl methyl sites for hydroxylation is 2. The van der Waals surface area contributed by atoms with E-state index in [2.05, 4.69) is 55.5 Å². The van der Waals surface area contributed by atoms with Crippen LogP contribution in [0.5, 0.6) is 11.5 Å². The van der Waals surface area contributed by atoms with E-state index in [4.69, 9.17) is 9.47 Å². The molecule has 0 aliphatic heterocycles. The van der Waals surface area contributed by atoms with Crippen LogP contribution in [-0.2, 0) is 22.4 Å². The molecule has 0 radical (unpaired) electrons. The van der Waals surface area contributed by atoms with Crippen LogP contribution in [-0.4, -0.2) is 34.1 Å². The van der Waals surface area contributed by atoms with Gasteiger partial charge in [-0.05, 0) is 61.8 Å². The number of benzene rings is 2. The third-order valence-corrected chi connectivity index (χ3v) is 6.82. The van der Waals surface area contributed by atoms with Crippen molar-refractivity contribution in [1.29, 1.82) is 0 Å². The molecule has 4 nitrogen and oxygen atoms in total. The molecule has 0 spiro atoms. The molecular weight excluding hydrogens is 616 g/mol. The van der Waals surface area contributed by atoms with Gasteiger partial charge in [0.25, 0.3) is 0 Å². The Morgan fingerprint density at radius 2 is 1.08 bits per heavy atom. The summed E-state index contributed by atoms with van der Waals surface area (Å²) in [5.74, 6) is 15.2. The molecule has 0 bridgehead atoms. The second kappa shape index (κ2) is 19.9. The van der Waals surface area contributed by atoms with Crippen molar-refractivity contribution in [2.75, 3.05) is 22.2 Å². The molecular formula is C30H32Br2O4S. The smallest absolute Gasteiger partial charge is 0.321 e. The summed E-state index contributed by atoms with van der Waals surface area (Å²) >= 11 is 7.99. The second-order valence-electron chi connectivity index (χ2n) is 8.04. The van der Waals surface area contributed by atoms with Gasteiger partial charge >= 0.3 is 11.9 Å². The van der Waals surface area contributed by atoms with Crippen molar-refractivity contribution >= 4 is 55.6 Å². The van der Waals surface area contributed by atoms with Gasteiger partial charge in [-0.3, -0.25) is 9.59 Å². The highest BCUT2D eigenvalue weighted by Gasteiger charge is 2.08. The van der Waals surface area contributed by atoms with E-state index in [0.717, 1.165) is 74.0 Å². The fourth-order valence-corrected chi connectivity index (χ4v) is 4.15. The van der Waals surface area contributed by atoms with E-state index in [9.17, 15) is 9.59 Å². The standard InChI is InChI=1S/C30H32Br2O4S/c31-23-29(33)35-27-19-11-9-17-25(27)15-7-3-1-5-13-21-37-22-14-6-2-4-8-16-26-18-10-12-20-28(26)36-30(34)24-32/h9-12,17-20H,1-4,7-8,15-16,21-24H2. The summed E-state index contributed by atoms with van der Waals surface area (Å²) in [5.41, 5.74) is 2.11. The van der Waals surface area contributed by atoms with E-state index >= 15 is 0 Å². The minimum Gasteiger partial charge on any atom is -0.426 e. The van der Waals surface area contributed by atoms with Gasteiger partial charge in [-0.15, -0.1) is 23.6 Å². The molecule has 2 rings (SSSR count). The van der Waals surface area contributed by atoms with Gasteiger partial charge in [0.2, 0.25) is 0 Å². The molecule has 7 heteroatoms. The molecule has 0 amide bonds. The Morgan fingerprint density at radius 3 is 1.51 bits per heavy atom. The van der Waals surface area contributed by atoms with Gasteiger partial charge in [-0.1, -0.05) is 80.1 Å². The lowest BCUT2D eigenvalue weighted by molar-refractivity contribution is -0.132. The van der Waals surface area contributed by atoms with Crippen molar-refractivity contribution < 1.29 is 19.1 Å². The number of carbonyl (C=O) groups excluding carboxylic acids is 2. The Morgan fingerprint density at radius 1 is 0.649 bits per heavy atom. The Kier molecular flexibility index (Phi) is 16.7. The van der Waals surface area contributed by atoms with Gasteiger partial charge in [0.1, 0.15) is 22.2 Å². The number of hydrogen-bond donors (Lipinski definition) is 0. The van der Waals surface area contributed by atoms with E-state index in [-0.39, 0.29) is 22.6 Å². The molecule has 0 saturated heterocycles. The normalized spacial score (nSPS) is 10.0. The number of hydrogen-bond acceptors (Lipinski definition) is 5. The number of halogens is 2. The number of thioether (sulfide) groups is 1. The zero-order valence-electron chi connectivity index (χ0n) is 20.9. The summed E-state index contributed by atoms with van der Waals surface area (Å²) in [5, 5.41) is 0.379. The van der Waals surface area contributed by atoms with Crippen LogP contribution in [0.3, 0.4) is 0 Å². The van der Waals surface area contributed by atoms with Gasteiger partial charge in [-0.25, -0.2) is 0 Å². The molecule has 0 N–H and O–H groups in total. The number of ether oxygens (including phenoxy) is 2. The number of rotatable bonds is 14. The number of unbranched alkanes of at least 4 members (excludes halogenated alkanes) is 4. The molecule has 196 valence electrons. The van der Waals surface area contributed by atoms with Crippen LogP contribution in [0.25, 0.3) is 0 Å². The summed E-state index contributed by atoms with van der Waals surface area (Å²) in [6.07, 6.45) is 7.52. The summed E-state index contributed by atoms with van der Waals surface area (Å²) in [7, 11) is 0. The van der Waals surface area contributed by atoms with Gasteiger partial charge in [0.05, 0.1) is 11.5 Å². The van der Waals surface area contributed by atoms with Gasteiger partial charge in [0, 0.05) is 12.8 Å². The van der Waals surface area contributed by atoms with Gasteiger partial charge in [0.15, 0.2) is 0 Å². The maximum Gasteiger partial charge on any atom is 0.321 e. The average Bonchev–Trinajstić information content (AvgIpc) is 2.92. The lowest BCUT2D eigenvalue weighted by Gasteiger charge is -2.08. The zero-order chi connectivity index (χ0) is 26.6. The van der Waals surface area contributed by atoms with E-state index in [1.54, 1.807) is 11.8 Å². The minimum absolute atomic E-state index is 0.190. The van der Waals surface area contributed by atoms with E-state index in [0.29, 0.717) is 11.5 Å². The highest BCUT2D eigenvalue weighted by molar-refractivity contribution is 9.09. The summed E-state index contributed by atoms with van der Waals surface area (Å²) in [6, 6.07) is 15.4. The van der Waals surface area contributed by atoms with Gasteiger partial charge < -0.3 is 9.47 Å². The Bertz CT molecular complexity index is 1020. The summed E-state index contributed by atoms with van der Waals surface area (Å²) < 4.78 is 10.7. The summed E-state index contributed by atoms with van der Waals surface area (Å²) in [4.78, 5) is 23.0. The van der Waals surface area contributed by atoms with Crippen LogP contribution < -0.4 is 9.47 Å². The molecule has 0 aliphatic rings. The SMILES string of the molecule is O=C(CBr)Oc1ccccc1CCCCC#CCSCC#CCCCCc1ccccc1OC(=O)CBr. The summed E-state index contributed by atoms with van der Waals surface area (Å²) in [6.45, 7) is 0. The Labute approximate surface area is 241 Å². The maximum atomic E-state index is 11.5. The first-order valence-electron chi connectivity index (χ1n) is 12.3. The van der Waals surface area contributed by atoms with Crippen molar-refractivity contribution in [2.45, 2.75) is 51.4 Å². The van der Waals surface area contributed by atoms with Crippen LogP contribution >= 0.6 is 43.6 Å². The molecule has 0 aromatic heterocycles. The molecule has 0 heterocycles. The highest BCUT2D eigenvalue weighted by atomic mass is 79.9. The first-order chi connectivity index (χ1) is 18.1. The molecule has 2 aromatic carbocycles. The molecule has 0 unspecified atom stereocenters. The average molecular weight is 648 g/mol. The van der Waals surface area contributed by atoms with E-state index < -0.39 is 0 Å². The number of para-hydroxylation sites is 2. The van der Waals surface area contributed by atoms with Crippen molar-refractivity contribution in [3.63, 3.8) is 0 Å². The van der Waals surface area contributed by atoms with Gasteiger partial charge in [-0.2, -0.15) is 0 Å². The van der Waals surface area contributed by atoms with Crippen molar-refractivity contribution in [3.8, 4) is 35.2 Å². The largest absolute Gasteiger partial charge is 0.426 e. The fraction of sp³-hybridized carbons (Fsp3) is 0.400. The lowest BCUT2D eigenvalue weighted by Crippen LogP contribution is -2.10. The predicted molar refractivity (Wildman–Crippen MR) is 160 cm³/mol. The Balaban J connectivity index is 1.52. The third-order valence-electron chi connectivity index (χ3n) is 5.21. The van der Waals surface area contributed by atoms with Crippen LogP contribution in [0.4, 0.5) is 0 Å². The minimum atomic E-state index is -0.284. The fourth-order valence-electron chi connectivity index (χ4n) is 3.41. The van der Waals surface area contributed by atoms with Crippen molar-refractivity contribution in [3.05, 3.63) is 59.7 Å². The quantitative estimate of drug-likeness (QED) is 0.0717. The molecule has 0 atom stereocenters. The maximum absolute atomic E-state index is 11.5. The topological polar surface area (TPSA) is 52.6 Å². The highest BCUT2D eigenvalue weighted by Crippen LogP contribution is 2.22. The van der Waals surface area contributed by atoms with Crippen LogP contribution in [0.15, 0.2) is 48.5 Å². The van der Waals surface area contributed by atoms with E-state index in [1.807, 2.05) is 48.5 Å². The first-order valence-corrected chi connectivity index (χ1v) is 15.7. The zero-order valence-corrected chi connectivity index (χ0v) is 24.9.